The van der Waals surface area contributed by atoms with Crippen LogP contribution in [-0.4, -0.2) is 34.4 Å². The predicted molar refractivity (Wildman–Crippen MR) is 126 cm³/mol. The Bertz CT molecular complexity index is 1270. The van der Waals surface area contributed by atoms with Crippen molar-refractivity contribution in [2.75, 3.05) is 17.2 Å². The summed E-state index contributed by atoms with van der Waals surface area (Å²) in [5, 5.41) is 10.0. The van der Waals surface area contributed by atoms with E-state index in [1.54, 1.807) is 19.1 Å². The van der Waals surface area contributed by atoms with E-state index < -0.39 is 30.1 Å². The highest BCUT2D eigenvalue weighted by atomic mass is 32.1. The van der Waals surface area contributed by atoms with Crippen LogP contribution in [0.2, 0.25) is 0 Å². The van der Waals surface area contributed by atoms with Gasteiger partial charge in [0, 0.05) is 17.4 Å². The molecule has 3 aromatic rings. The highest BCUT2D eigenvalue weighted by molar-refractivity contribution is 7.17. The van der Waals surface area contributed by atoms with Crippen LogP contribution in [-0.2, 0) is 17.6 Å². The molecule has 192 valence electrons. The van der Waals surface area contributed by atoms with E-state index in [-0.39, 0.29) is 24.5 Å². The maximum Gasteiger partial charge on any atom is 0.410 e. The van der Waals surface area contributed by atoms with Gasteiger partial charge in [-0.15, -0.1) is 11.3 Å². The number of aromatic nitrogens is 2. The largest absolute Gasteiger partial charge is 0.467 e. The van der Waals surface area contributed by atoms with Gasteiger partial charge in [-0.25, -0.2) is 9.48 Å². The van der Waals surface area contributed by atoms with Crippen LogP contribution < -0.4 is 10.6 Å². The summed E-state index contributed by atoms with van der Waals surface area (Å²) in [6, 6.07) is 1.83. The summed E-state index contributed by atoms with van der Waals surface area (Å²) in [6.45, 7) is 1.89. The van der Waals surface area contributed by atoms with Gasteiger partial charge in [-0.3, -0.25) is 4.79 Å². The summed E-state index contributed by atoms with van der Waals surface area (Å²) in [4.78, 5) is 26.9. The fourth-order valence-electron chi connectivity index (χ4n) is 4.78. The van der Waals surface area contributed by atoms with Gasteiger partial charge in [-0.2, -0.15) is 18.3 Å². The van der Waals surface area contributed by atoms with E-state index in [0.717, 1.165) is 40.8 Å². The molecule has 2 N–H and O–H groups in total. The number of aryl methyl sites for hydroxylation is 1. The number of hydrogen-bond donors (Lipinski definition) is 2. The zero-order valence-corrected chi connectivity index (χ0v) is 20.3. The number of carbonyl (C=O) groups excluding carboxylic acids is 2. The van der Waals surface area contributed by atoms with Gasteiger partial charge in [0.05, 0.1) is 24.5 Å². The second kappa shape index (κ2) is 9.64. The van der Waals surface area contributed by atoms with Gasteiger partial charge in [0.25, 0.3) is 5.91 Å². The third kappa shape index (κ3) is 4.61. The minimum atomic E-state index is -4.58. The Morgan fingerprint density at radius 1 is 1.31 bits per heavy atom. The van der Waals surface area contributed by atoms with Crippen LogP contribution in [0.15, 0.2) is 28.9 Å². The number of nitrogens with one attached hydrogen (secondary N) is 2. The number of anilines is 2. The average molecular weight is 523 g/mol. The molecule has 3 aromatic heterocycles. The van der Waals surface area contributed by atoms with Crippen molar-refractivity contribution >= 4 is 34.0 Å². The summed E-state index contributed by atoms with van der Waals surface area (Å²) < 4.78 is 53.0. The highest BCUT2D eigenvalue weighted by Crippen LogP contribution is 2.44. The molecule has 1 amide bonds. The van der Waals surface area contributed by atoms with Crippen molar-refractivity contribution in [2.24, 2.45) is 0 Å². The summed E-state index contributed by atoms with van der Waals surface area (Å²) >= 11 is 1.32. The number of carbonyl (C=O) groups is 2. The predicted octanol–water partition coefficient (Wildman–Crippen LogP) is 5.90. The second-order valence-electron chi connectivity index (χ2n) is 8.81. The minimum Gasteiger partial charge on any atom is -0.467 e. The topological polar surface area (TPSA) is 98.4 Å². The molecule has 2 atom stereocenters. The average Bonchev–Trinajstić information content (AvgIpc) is 3.54. The molecule has 0 fully saturated rings. The Morgan fingerprint density at radius 2 is 2.11 bits per heavy atom. The van der Waals surface area contributed by atoms with Crippen molar-refractivity contribution in [3.05, 3.63) is 51.9 Å². The molecule has 0 radical (unpaired) electrons. The van der Waals surface area contributed by atoms with E-state index in [1.807, 2.05) is 0 Å². The number of fused-ring (bicyclic) bond motifs is 2. The summed E-state index contributed by atoms with van der Waals surface area (Å²) in [7, 11) is 0. The second-order valence-corrected chi connectivity index (χ2v) is 9.91. The molecule has 2 unspecified atom stereocenters. The summed E-state index contributed by atoms with van der Waals surface area (Å²) in [6.07, 6.45) is 0.955. The number of ether oxygens (including phenoxy) is 1. The zero-order valence-electron chi connectivity index (χ0n) is 19.5. The number of furan rings is 1. The lowest BCUT2D eigenvalue weighted by Crippen LogP contribution is -2.35. The van der Waals surface area contributed by atoms with Crippen LogP contribution >= 0.6 is 11.3 Å². The first kappa shape index (κ1) is 24.4. The maximum atomic E-state index is 13.9. The molecule has 1 aliphatic carbocycles. The third-order valence-electron chi connectivity index (χ3n) is 6.44. The van der Waals surface area contributed by atoms with Gasteiger partial charge < -0.3 is 19.8 Å². The summed E-state index contributed by atoms with van der Waals surface area (Å²) in [5.74, 6) is -0.794. The first-order chi connectivity index (χ1) is 17.3. The van der Waals surface area contributed by atoms with Crippen LogP contribution in [0.1, 0.15) is 81.7 Å². The lowest BCUT2D eigenvalue weighted by atomic mass is 10.0. The van der Waals surface area contributed by atoms with Crippen molar-refractivity contribution in [3.8, 4) is 0 Å². The smallest absolute Gasteiger partial charge is 0.410 e. The Kier molecular flexibility index (Phi) is 6.54. The van der Waals surface area contributed by atoms with Crippen LogP contribution in [0.4, 0.5) is 24.0 Å². The first-order valence-corrected chi connectivity index (χ1v) is 12.7. The van der Waals surface area contributed by atoms with Gasteiger partial charge in [-0.05, 0) is 50.3 Å². The Hall–Kier alpha value is -3.28. The Morgan fingerprint density at radius 3 is 2.83 bits per heavy atom. The molecular formula is C24H25F3N4O4S. The fourth-order valence-corrected chi connectivity index (χ4v) is 6.05. The molecule has 0 spiro atoms. The molecule has 2 aliphatic rings. The number of alkyl halides is 3. The van der Waals surface area contributed by atoms with Crippen molar-refractivity contribution in [1.82, 2.24) is 9.78 Å². The number of rotatable bonds is 5. The minimum absolute atomic E-state index is 0.0581. The zero-order chi connectivity index (χ0) is 25.4. The lowest BCUT2D eigenvalue weighted by Gasteiger charge is -2.32. The van der Waals surface area contributed by atoms with E-state index in [0.29, 0.717) is 22.7 Å². The molecule has 4 heterocycles. The molecule has 0 saturated carbocycles. The molecule has 0 aromatic carbocycles. The van der Waals surface area contributed by atoms with Crippen LogP contribution in [0, 0.1) is 0 Å². The molecular weight excluding hydrogens is 497 g/mol. The van der Waals surface area contributed by atoms with Crippen LogP contribution in [0.25, 0.3) is 0 Å². The third-order valence-corrected chi connectivity index (χ3v) is 7.64. The Balaban J connectivity index is 1.45. The summed E-state index contributed by atoms with van der Waals surface area (Å²) in [5.41, 5.74) is 1.03. The SMILES string of the molecule is CCOC(=O)c1c(NC(=O)c2cc3n(n2)C(C(F)(F)F)CC(c2ccco2)N3)sc2c1CCCCC2. The van der Waals surface area contributed by atoms with Crippen LogP contribution in [0.3, 0.4) is 0 Å². The molecule has 0 saturated heterocycles. The molecule has 0 bridgehead atoms. The van der Waals surface area contributed by atoms with Crippen molar-refractivity contribution < 1.29 is 31.9 Å². The molecule has 36 heavy (non-hydrogen) atoms. The Labute approximate surface area is 208 Å². The number of hydrogen-bond acceptors (Lipinski definition) is 7. The monoisotopic (exact) mass is 522 g/mol. The van der Waals surface area contributed by atoms with Gasteiger partial charge in [-0.1, -0.05) is 6.42 Å². The molecule has 5 rings (SSSR count). The fraction of sp³-hybridized carbons (Fsp3) is 0.458. The molecule has 1 aliphatic heterocycles. The van der Waals surface area contributed by atoms with Crippen molar-refractivity contribution in [3.63, 3.8) is 0 Å². The number of thiophene rings is 1. The maximum absolute atomic E-state index is 13.9. The first-order valence-electron chi connectivity index (χ1n) is 11.9. The van der Waals surface area contributed by atoms with Gasteiger partial charge in [0.15, 0.2) is 11.7 Å². The van der Waals surface area contributed by atoms with Crippen molar-refractivity contribution in [2.45, 2.75) is 63.7 Å². The van der Waals surface area contributed by atoms with E-state index >= 15 is 0 Å². The van der Waals surface area contributed by atoms with Gasteiger partial charge >= 0.3 is 12.1 Å². The van der Waals surface area contributed by atoms with E-state index in [1.165, 1.54) is 23.7 Å². The number of amides is 1. The van der Waals surface area contributed by atoms with Crippen molar-refractivity contribution in [1.29, 1.82) is 0 Å². The lowest BCUT2D eigenvalue weighted by molar-refractivity contribution is -0.174. The van der Waals surface area contributed by atoms with Crippen LogP contribution in [0.5, 0.6) is 0 Å². The number of esters is 1. The standard InChI is InChI=1S/C24H25F3N4O4S/c1-2-34-23(33)20-13-7-4-3-5-9-17(13)36-22(20)29-21(32)15-12-19-28-14(16-8-6-10-35-16)11-18(24(25,26)27)31(19)30-15/h6,8,10,12,14,18,28H,2-5,7,9,11H2,1H3,(H,29,32). The number of nitrogens with zero attached hydrogens (tertiary/aromatic N) is 2. The van der Waals surface area contributed by atoms with Gasteiger partial charge in [0.2, 0.25) is 0 Å². The van der Waals surface area contributed by atoms with E-state index in [2.05, 4.69) is 15.7 Å². The van der Waals surface area contributed by atoms with E-state index in [4.69, 9.17) is 9.15 Å². The molecule has 12 heteroatoms. The molecule has 8 nitrogen and oxygen atoms in total. The van der Waals surface area contributed by atoms with E-state index in [9.17, 15) is 22.8 Å². The number of halogens is 3. The normalized spacial score (nSPS) is 19.6. The quantitative estimate of drug-likeness (QED) is 0.320. The van der Waals surface area contributed by atoms with Gasteiger partial charge in [0.1, 0.15) is 16.6 Å². The highest BCUT2D eigenvalue weighted by Gasteiger charge is 2.47.